The van der Waals surface area contributed by atoms with E-state index < -0.39 is 0 Å². The Morgan fingerprint density at radius 3 is 2.68 bits per heavy atom. The molecule has 0 spiro atoms. The fraction of sp³-hybridized carbons (Fsp3) is 0.438. The molecule has 0 radical (unpaired) electrons. The molecule has 3 nitrogen and oxygen atoms in total. The van der Waals surface area contributed by atoms with E-state index in [0.29, 0.717) is 6.04 Å². The molecule has 19 heavy (non-hydrogen) atoms. The smallest absolute Gasteiger partial charge is 0.0948 e. The predicted molar refractivity (Wildman–Crippen MR) is 77.0 cm³/mol. The highest BCUT2D eigenvalue weighted by Gasteiger charge is 2.20. The van der Waals surface area contributed by atoms with Gasteiger partial charge in [-0.1, -0.05) is 31.2 Å². The number of nitrogens with one attached hydrogen (secondary N) is 1. The molecule has 2 aromatic rings. The third-order valence-corrected chi connectivity index (χ3v) is 3.89. The molecule has 0 atom stereocenters. The topological polar surface area (TPSA) is 29.9 Å². The van der Waals surface area contributed by atoms with Gasteiger partial charge in [0.15, 0.2) is 0 Å². The summed E-state index contributed by atoms with van der Waals surface area (Å²) in [6.45, 7) is 4.17. The monoisotopic (exact) mass is 255 g/mol. The average molecular weight is 255 g/mol. The second-order valence-corrected chi connectivity index (χ2v) is 5.33. The van der Waals surface area contributed by atoms with Crippen LogP contribution in [-0.4, -0.2) is 15.6 Å². The van der Waals surface area contributed by atoms with Gasteiger partial charge in [0, 0.05) is 25.3 Å². The van der Waals surface area contributed by atoms with Gasteiger partial charge >= 0.3 is 0 Å². The van der Waals surface area contributed by atoms with Crippen molar-refractivity contribution in [3.05, 3.63) is 53.6 Å². The van der Waals surface area contributed by atoms with Gasteiger partial charge in [-0.3, -0.25) is 0 Å². The van der Waals surface area contributed by atoms with E-state index in [0.717, 1.165) is 32.4 Å². The molecule has 3 heteroatoms. The van der Waals surface area contributed by atoms with Gasteiger partial charge in [0.05, 0.1) is 12.0 Å². The van der Waals surface area contributed by atoms with Crippen LogP contribution in [0.15, 0.2) is 36.8 Å². The Morgan fingerprint density at radius 1 is 1.26 bits per heavy atom. The van der Waals surface area contributed by atoms with Crippen LogP contribution in [0.4, 0.5) is 0 Å². The molecule has 1 aliphatic carbocycles. The zero-order chi connectivity index (χ0) is 13.1. The van der Waals surface area contributed by atoms with Crippen LogP contribution in [0.5, 0.6) is 0 Å². The summed E-state index contributed by atoms with van der Waals surface area (Å²) in [6.07, 6.45) is 7.36. The molecule has 100 valence electrons. The van der Waals surface area contributed by atoms with Crippen LogP contribution in [0.1, 0.15) is 30.2 Å². The minimum atomic E-state index is 0.572. The Kier molecular flexibility index (Phi) is 3.65. The van der Waals surface area contributed by atoms with Crippen molar-refractivity contribution in [1.29, 1.82) is 0 Å². The van der Waals surface area contributed by atoms with Gasteiger partial charge in [-0.05, 0) is 30.4 Å². The van der Waals surface area contributed by atoms with Crippen molar-refractivity contribution in [2.75, 3.05) is 0 Å². The highest BCUT2D eigenvalue weighted by atomic mass is 15.1. The van der Waals surface area contributed by atoms with E-state index in [1.165, 1.54) is 16.8 Å². The van der Waals surface area contributed by atoms with E-state index in [1.807, 2.05) is 12.5 Å². The summed E-state index contributed by atoms with van der Waals surface area (Å²) in [7, 11) is 0. The lowest BCUT2D eigenvalue weighted by Crippen LogP contribution is -2.29. The molecule has 1 aliphatic rings. The summed E-state index contributed by atoms with van der Waals surface area (Å²) >= 11 is 0. The molecule has 1 aromatic heterocycles. The molecule has 1 heterocycles. The predicted octanol–water partition coefficient (Wildman–Crippen LogP) is 2.55. The van der Waals surface area contributed by atoms with Crippen LogP contribution >= 0.6 is 0 Å². The van der Waals surface area contributed by atoms with E-state index in [-0.39, 0.29) is 0 Å². The average Bonchev–Trinajstić information content (AvgIpc) is 3.02. The lowest BCUT2D eigenvalue weighted by atomic mass is 10.1. The van der Waals surface area contributed by atoms with Crippen LogP contribution in [0.25, 0.3) is 0 Å². The Labute approximate surface area is 114 Å². The minimum Gasteiger partial charge on any atom is -0.333 e. The molecule has 0 bridgehead atoms. The number of hydrogen-bond acceptors (Lipinski definition) is 2. The number of imidazole rings is 1. The number of fused-ring (bicyclic) bond motifs is 1. The van der Waals surface area contributed by atoms with Crippen molar-refractivity contribution in [3.63, 3.8) is 0 Å². The van der Waals surface area contributed by atoms with E-state index in [2.05, 4.69) is 46.1 Å². The van der Waals surface area contributed by atoms with Gasteiger partial charge in [-0.2, -0.15) is 0 Å². The highest BCUT2D eigenvalue weighted by Crippen LogP contribution is 2.21. The lowest BCUT2D eigenvalue weighted by molar-refractivity contribution is 0.511. The number of hydrogen-bond donors (Lipinski definition) is 1. The van der Waals surface area contributed by atoms with E-state index in [4.69, 9.17) is 0 Å². The zero-order valence-electron chi connectivity index (χ0n) is 11.5. The summed E-state index contributed by atoms with van der Waals surface area (Å²) in [6, 6.07) is 9.34. The molecule has 0 unspecified atom stereocenters. The first-order valence-corrected chi connectivity index (χ1v) is 7.16. The molecule has 3 rings (SSSR count). The van der Waals surface area contributed by atoms with Crippen LogP contribution in [0.2, 0.25) is 0 Å². The highest BCUT2D eigenvalue weighted by molar-refractivity contribution is 5.33. The maximum atomic E-state index is 4.25. The Balaban J connectivity index is 1.58. The molecule has 0 saturated carbocycles. The first-order valence-electron chi connectivity index (χ1n) is 7.16. The number of rotatable bonds is 5. The number of benzene rings is 1. The van der Waals surface area contributed by atoms with Crippen molar-refractivity contribution in [3.8, 4) is 0 Å². The Morgan fingerprint density at radius 2 is 2.00 bits per heavy atom. The maximum absolute atomic E-state index is 4.25. The maximum Gasteiger partial charge on any atom is 0.0948 e. The number of nitrogens with zero attached hydrogens (tertiary/aromatic N) is 2. The van der Waals surface area contributed by atoms with Crippen LogP contribution < -0.4 is 5.32 Å². The van der Waals surface area contributed by atoms with Crippen molar-refractivity contribution < 1.29 is 0 Å². The van der Waals surface area contributed by atoms with Crippen molar-refractivity contribution in [2.24, 2.45) is 0 Å². The first kappa shape index (κ1) is 12.4. The van der Waals surface area contributed by atoms with Gasteiger partial charge in [-0.25, -0.2) is 4.98 Å². The van der Waals surface area contributed by atoms with Crippen LogP contribution in [-0.2, 0) is 25.9 Å². The largest absolute Gasteiger partial charge is 0.333 e. The van der Waals surface area contributed by atoms with Crippen molar-refractivity contribution >= 4 is 0 Å². The van der Waals surface area contributed by atoms with Crippen molar-refractivity contribution in [2.45, 2.75) is 45.3 Å². The van der Waals surface area contributed by atoms with E-state index in [9.17, 15) is 0 Å². The first-order chi connectivity index (χ1) is 9.36. The Bertz CT molecular complexity index is 519. The molecule has 1 N–H and O–H groups in total. The van der Waals surface area contributed by atoms with Crippen LogP contribution in [0, 0.1) is 0 Å². The quantitative estimate of drug-likeness (QED) is 0.890. The molecule has 0 aliphatic heterocycles. The Hall–Kier alpha value is -1.61. The normalized spacial score (nSPS) is 14.8. The number of aromatic nitrogens is 2. The fourth-order valence-electron chi connectivity index (χ4n) is 2.89. The fourth-order valence-corrected chi connectivity index (χ4v) is 2.89. The summed E-state index contributed by atoms with van der Waals surface area (Å²) in [4.78, 5) is 4.25. The van der Waals surface area contributed by atoms with Gasteiger partial charge in [0.1, 0.15) is 0 Å². The third-order valence-electron chi connectivity index (χ3n) is 3.89. The van der Waals surface area contributed by atoms with Gasteiger partial charge in [0.2, 0.25) is 0 Å². The molecule has 1 aromatic carbocycles. The molecular formula is C16H21N3. The van der Waals surface area contributed by atoms with E-state index >= 15 is 0 Å². The summed E-state index contributed by atoms with van der Waals surface area (Å²) in [5.74, 6) is 0. The van der Waals surface area contributed by atoms with Crippen molar-refractivity contribution in [1.82, 2.24) is 14.9 Å². The second kappa shape index (κ2) is 5.57. The van der Waals surface area contributed by atoms with Gasteiger partial charge in [0.25, 0.3) is 0 Å². The molecule has 0 fully saturated rings. The molecule has 0 saturated heterocycles. The standard InChI is InChI=1S/C16H21N3/c1-2-7-19-12-17-10-16(19)11-18-15-8-13-5-3-4-6-14(13)9-15/h3-6,10,12,15,18H,2,7-9,11H2,1H3. The van der Waals surface area contributed by atoms with Gasteiger partial charge < -0.3 is 9.88 Å². The minimum absolute atomic E-state index is 0.572. The molecular weight excluding hydrogens is 234 g/mol. The number of aryl methyl sites for hydroxylation is 1. The SMILES string of the molecule is CCCn1cncc1CNC1Cc2ccccc2C1. The molecule has 0 amide bonds. The second-order valence-electron chi connectivity index (χ2n) is 5.33. The van der Waals surface area contributed by atoms with E-state index in [1.54, 1.807) is 0 Å². The lowest BCUT2D eigenvalue weighted by Gasteiger charge is -2.13. The third kappa shape index (κ3) is 2.71. The summed E-state index contributed by atoms with van der Waals surface area (Å²) in [5.41, 5.74) is 4.29. The van der Waals surface area contributed by atoms with Crippen LogP contribution in [0.3, 0.4) is 0 Å². The summed E-state index contributed by atoms with van der Waals surface area (Å²) in [5, 5.41) is 3.67. The summed E-state index contributed by atoms with van der Waals surface area (Å²) < 4.78 is 2.25. The zero-order valence-corrected chi connectivity index (χ0v) is 11.5. The van der Waals surface area contributed by atoms with Gasteiger partial charge in [-0.15, -0.1) is 0 Å².